The molecule has 24 heavy (non-hydrogen) atoms. The molecule has 1 heterocycles. The summed E-state index contributed by atoms with van der Waals surface area (Å²) < 4.78 is 38.8. The lowest BCUT2D eigenvalue weighted by Gasteiger charge is -2.09. The van der Waals surface area contributed by atoms with Crippen LogP contribution in [-0.4, -0.2) is 39.8 Å². The van der Waals surface area contributed by atoms with E-state index in [9.17, 15) is 18.0 Å². The van der Waals surface area contributed by atoms with Gasteiger partial charge in [0.2, 0.25) is 5.91 Å². The number of carbonyl (C=O) groups excluding carboxylic acids is 1. The maximum absolute atomic E-state index is 11.1. The molecule has 1 aromatic heterocycles. The molecule has 7 nitrogen and oxygen atoms in total. The van der Waals surface area contributed by atoms with Gasteiger partial charge < -0.3 is 20.1 Å². The van der Waals surface area contributed by atoms with E-state index in [0.29, 0.717) is 11.3 Å². The van der Waals surface area contributed by atoms with Crippen molar-refractivity contribution < 1.29 is 32.6 Å². The molecule has 0 radical (unpaired) electrons. The Morgan fingerprint density at radius 1 is 1.33 bits per heavy atom. The van der Waals surface area contributed by atoms with Crippen molar-refractivity contribution in [2.45, 2.75) is 13.1 Å². The number of primary amides is 1. The van der Waals surface area contributed by atoms with Gasteiger partial charge in [0.05, 0.1) is 24.8 Å². The highest BCUT2D eigenvalue weighted by molar-refractivity contribution is 5.93. The number of hydrogen-bond acceptors (Lipinski definition) is 4. The van der Waals surface area contributed by atoms with Crippen molar-refractivity contribution in [3.8, 4) is 11.4 Å². The van der Waals surface area contributed by atoms with Crippen LogP contribution in [0.3, 0.4) is 0 Å². The third-order valence-electron chi connectivity index (χ3n) is 2.70. The number of imidazole rings is 1. The molecule has 130 valence electrons. The predicted molar refractivity (Wildman–Crippen MR) is 77.1 cm³/mol. The van der Waals surface area contributed by atoms with Gasteiger partial charge in [0.25, 0.3) is 0 Å². The second-order valence-corrected chi connectivity index (χ2v) is 4.48. The third-order valence-corrected chi connectivity index (χ3v) is 2.70. The summed E-state index contributed by atoms with van der Waals surface area (Å²) in [7, 11) is 1.55. The minimum atomic E-state index is -5.08. The first kappa shape index (κ1) is 19.0. The van der Waals surface area contributed by atoms with Gasteiger partial charge in [-0.3, -0.25) is 4.79 Å². The number of carboxylic acid groups (broad SMARTS) is 1. The van der Waals surface area contributed by atoms with E-state index in [1.807, 2.05) is 17.7 Å². The lowest BCUT2D eigenvalue weighted by atomic mass is 10.2. The van der Waals surface area contributed by atoms with E-state index >= 15 is 0 Å². The number of nitrogens with two attached hydrogens (primary N) is 1. The van der Waals surface area contributed by atoms with Crippen LogP contribution in [0.25, 0.3) is 5.69 Å². The minimum absolute atomic E-state index is 0.419. The quantitative estimate of drug-likeness (QED) is 0.884. The largest absolute Gasteiger partial charge is 0.495 e. The number of benzene rings is 1. The third kappa shape index (κ3) is 5.00. The van der Waals surface area contributed by atoms with Gasteiger partial charge in [-0.15, -0.1) is 0 Å². The molecule has 3 N–H and O–H groups in total. The van der Waals surface area contributed by atoms with Gasteiger partial charge in [0.15, 0.2) is 0 Å². The standard InChI is InChI=1S/C12H13N3O2.C2HF3O2/c1-8-6-15(7-14-8)10-4-3-9(12(13)16)5-11(10)17-2;3-2(4,5)1(6)7/h3-7H,1-2H3,(H2,13,16);(H,6,7). The number of aryl methyl sites for hydroxylation is 1. The van der Waals surface area contributed by atoms with E-state index in [1.54, 1.807) is 31.6 Å². The summed E-state index contributed by atoms with van der Waals surface area (Å²) in [4.78, 5) is 24.1. The Morgan fingerprint density at radius 2 is 1.92 bits per heavy atom. The average molecular weight is 345 g/mol. The number of aromatic nitrogens is 2. The Morgan fingerprint density at radius 3 is 2.29 bits per heavy atom. The molecule has 0 saturated carbocycles. The van der Waals surface area contributed by atoms with E-state index in [2.05, 4.69) is 4.98 Å². The monoisotopic (exact) mass is 345 g/mol. The number of methoxy groups -OCH3 is 1. The predicted octanol–water partition coefficient (Wildman–Crippen LogP) is 1.92. The lowest BCUT2D eigenvalue weighted by molar-refractivity contribution is -0.192. The molecule has 0 aliphatic carbocycles. The smallest absolute Gasteiger partial charge is 0.490 e. The van der Waals surface area contributed by atoms with Crippen LogP contribution in [0.1, 0.15) is 16.1 Å². The van der Waals surface area contributed by atoms with Crippen molar-refractivity contribution in [1.82, 2.24) is 9.55 Å². The molecule has 0 spiro atoms. The highest BCUT2D eigenvalue weighted by Crippen LogP contribution is 2.24. The summed E-state index contributed by atoms with van der Waals surface area (Å²) >= 11 is 0. The summed E-state index contributed by atoms with van der Waals surface area (Å²) in [6.45, 7) is 1.90. The van der Waals surface area contributed by atoms with Crippen LogP contribution in [-0.2, 0) is 4.79 Å². The van der Waals surface area contributed by atoms with Crippen LogP contribution in [0.5, 0.6) is 5.75 Å². The van der Waals surface area contributed by atoms with E-state index in [-0.39, 0.29) is 0 Å². The van der Waals surface area contributed by atoms with Crippen molar-refractivity contribution >= 4 is 11.9 Å². The first-order valence-corrected chi connectivity index (χ1v) is 6.35. The van der Waals surface area contributed by atoms with Gasteiger partial charge in [-0.25, -0.2) is 9.78 Å². The van der Waals surface area contributed by atoms with Crippen molar-refractivity contribution in [1.29, 1.82) is 0 Å². The van der Waals surface area contributed by atoms with Crippen LogP contribution in [0.15, 0.2) is 30.7 Å². The Labute approximate surface area is 134 Å². The number of carbonyl (C=O) groups is 2. The van der Waals surface area contributed by atoms with Gasteiger partial charge in [-0.05, 0) is 25.1 Å². The van der Waals surface area contributed by atoms with Gasteiger partial charge >= 0.3 is 12.1 Å². The normalized spacial score (nSPS) is 10.5. The van der Waals surface area contributed by atoms with Crippen molar-refractivity contribution in [2.24, 2.45) is 5.73 Å². The number of alkyl halides is 3. The highest BCUT2D eigenvalue weighted by atomic mass is 19.4. The summed E-state index contributed by atoms with van der Waals surface area (Å²) in [6, 6.07) is 5.06. The van der Waals surface area contributed by atoms with E-state index in [4.69, 9.17) is 20.4 Å². The Bertz CT molecular complexity index is 741. The minimum Gasteiger partial charge on any atom is -0.495 e. The van der Waals surface area contributed by atoms with E-state index in [0.717, 1.165) is 11.4 Å². The fourth-order valence-corrected chi connectivity index (χ4v) is 1.60. The molecule has 0 aliphatic rings. The van der Waals surface area contributed by atoms with Gasteiger partial charge in [0.1, 0.15) is 5.75 Å². The molecule has 2 rings (SSSR count). The van der Waals surface area contributed by atoms with Gasteiger partial charge in [0, 0.05) is 11.8 Å². The molecule has 10 heteroatoms. The van der Waals surface area contributed by atoms with E-state index in [1.165, 1.54) is 0 Å². The molecular weight excluding hydrogens is 331 g/mol. The Hall–Kier alpha value is -3.04. The maximum Gasteiger partial charge on any atom is 0.490 e. The zero-order valence-electron chi connectivity index (χ0n) is 12.7. The molecule has 1 aromatic carbocycles. The van der Waals surface area contributed by atoms with Crippen LogP contribution in [0.2, 0.25) is 0 Å². The molecule has 0 saturated heterocycles. The van der Waals surface area contributed by atoms with Crippen LogP contribution >= 0.6 is 0 Å². The number of carboxylic acids is 1. The Kier molecular flexibility index (Phi) is 5.93. The molecule has 0 bridgehead atoms. The first-order valence-electron chi connectivity index (χ1n) is 6.35. The lowest BCUT2D eigenvalue weighted by Crippen LogP contribution is -2.21. The number of ether oxygens (including phenoxy) is 1. The summed E-state index contributed by atoms with van der Waals surface area (Å²) in [5.41, 5.74) is 7.36. The van der Waals surface area contributed by atoms with Crippen molar-refractivity contribution in [3.05, 3.63) is 42.0 Å². The second-order valence-electron chi connectivity index (χ2n) is 4.48. The van der Waals surface area contributed by atoms with Crippen molar-refractivity contribution in [3.63, 3.8) is 0 Å². The van der Waals surface area contributed by atoms with Crippen LogP contribution in [0, 0.1) is 6.92 Å². The average Bonchev–Trinajstić information content (AvgIpc) is 2.92. The summed E-state index contributed by atoms with van der Waals surface area (Å²) in [6.07, 6.45) is -1.51. The fourth-order valence-electron chi connectivity index (χ4n) is 1.60. The number of halogens is 3. The van der Waals surface area contributed by atoms with E-state index < -0.39 is 18.1 Å². The van der Waals surface area contributed by atoms with Gasteiger partial charge in [-0.1, -0.05) is 0 Å². The highest BCUT2D eigenvalue weighted by Gasteiger charge is 2.38. The number of rotatable bonds is 3. The Balaban J connectivity index is 0.000000351. The van der Waals surface area contributed by atoms with Crippen molar-refractivity contribution in [2.75, 3.05) is 7.11 Å². The molecule has 0 unspecified atom stereocenters. The van der Waals surface area contributed by atoms with Crippen LogP contribution < -0.4 is 10.5 Å². The van der Waals surface area contributed by atoms with Crippen LogP contribution in [0.4, 0.5) is 13.2 Å². The molecule has 0 atom stereocenters. The fraction of sp³-hybridized carbons (Fsp3) is 0.214. The zero-order chi connectivity index (χ0) is 18.5. The molecule has 0 aliphatic heterocycles. The van der Waals surface area contributed by atoms with Gasteiger partial charge in [-0.2, -0.15) is 13.2 Å². The molecule has 1 amide bonds. The number of aliphatic carboxylic acids is 1. The molecule has 2 aromatic rings. The summed E-state index contributed by atoms with van der Waals surface area (Å²) in [5, 5.41) is 7.12. The topological polar surface area (TPSA) is 107 Å². The first-order chi connectivity index (χ1) is 11.1. The summed E-state index contributed by atoms with van der Waals surface area (Å²) in [5.74, 6) is -2.65. The second kappa shape index (κ2) is 7.49. The number of nitrogens with zero attached hydrogens (tertiary/aromatic N) is 2. The SMILES string of the molecule is COc1cc(C(N)=O)ccc1-n1cnc(C)c1.O=C(O)C(F)(F)F. The number of amides is 1. The maximum atomic E-state index is 11.1. The number of hydrogen-bond donors (Lipinski definition) is 2. The molecule has 0 fully saturated rings. The molecular formula is C14H14F3N3O4. The zero-order valence-corrected chi connectivity index (χ0v) is 12.7.